The fourth-order valence-corrected chi connectivity index (χ4v) is 1.65. The van der Waals surface area contributed by atoms with Crippen LogP contribution < -0.4 is 4.74 Å². The van der Waals surface area contributed by atoms with Gasteiger partial charge >= 0.3 is 6.18 Å². The number of hydrogen-bond donors (Lipinski definition) is 0. The minimum absolute atomic E-state index is 0.243. The van der Waals surface area contributed by atoms with Gasteiger partial charge in [-0.3, -0.25) is 0 Å². The molecular formula is C14H19F3O. The minimum Gasteiger partial charge on any atom is -0.493 e. The standard InChI is InChI=1S/C14H19F3O/c1-5-8-18-12-9-10(14(15,16)17)6-7-11(12)13(2,3)4/h6-7,9H,5,8H2,1-4H3. The van der Waals surface area contributed by atoms with Crippen LogP contribution in [-0.2, 0) is 11.6 Å². The van der Waals surface area contributed by atoms with Gasteiger partial charge in [-0.15, -0.1) is 0 Å². The Morgan fingerprint density at radius 1 is 1.11 bits per heavy atom. The van der Waals surface area contributed by atoms with E-state index in [1.54, 1.807) is 0 Å². The molecule has 0 atom stereocenters. The van der Waals surface area contributed by atoms with Gasteiger partial charge in [0, 0.05) is 0 Å². The summed E-state index contributed by atoms with van der Waals surface area (Å²) in [6.07, 6.45) is -3.57. The first kappa shape index (κ1) is 14.9. The molecule has 102 valence electrons. The van der Waals surface area contributed by atoms with Crippen molar-refractivity contribution in [2.45, 2.75) is 45.7 Å². The second-order valence-electron chi connectivity index (χ2n) is 5.31. The molecule has 1 rings (SSSR count). The highest BCUT2D eigenvalue weighted by molar-refractivity contribution is 5.42. The summed E-state index contributed by atoms with van der Waals surface area (Å²) in [5, 5.41) is 0. The quantitative estimate of drug-likeness (QED) is 0.759. The Morgan fingerprint density at radius 2 is 1.72 bits per heavy atom. The van der Waals surface area contributed by atoms with E-state index < -0.39 is 11.7 Å². The molecule has 0 saturated heterocycles. The Morgan fingerprint density at radius 3 is 2.17 bits per heavy atom. The molecule has 0 fully saturated rings. The maximum absolute atomic E-state index is 12.7. The van der Waals surface area contributed by atoms with Crippen molar-refractivity contribution in [2.75, 3.05) is 6.61 Å². The summed E-state index contributed by atoms with van der Waals surface area (Å²) in [6.45, 7) is 8.20. The molecule has 0 bridgehead atoms. The molecule has 0 aliphatic rings. The predicted molar refractivity (Wildman–Crippen MR) is 65.9 cm³/mol. The van der Waals surface area contributed by atoms with E-state index in [-0.39, 0.29) is 5.41 Å². The lowest BCUT2D eigenvalue weighted by Crippen LogP contribution is -2.15. The Kier molecular flexibility index (Phi) is 4.30. The van der Waals surface area contributed by atoms with Crippen molar-refractivity contribution >= 4 is 0 Å². The van der Waals surface area contributed by atoms with Crippen molar-refractivity contribution in [3.05, 3.63) is 29.3 Å². The van der Waals surface area contributed by atoms with Gasteiger partial charge in [-0.05, 0) is 29.5 Å². The van der Waals surface area contributed by atoms with Crippen LogP contribution in [0.3, 0.4) is 0 Å². The number of hydrogen-bond acceptors (Lipinski definition) is 1. The molecule has 0 heterocycles. The van der Waals surface area contributed by atoms with Gasteiger partial charge < -0.3 is 4.74 Å². The minimum atomic E-state index is -4.33. The van der Waals surface area contributed by atoms with E-state index >= 15 is 0 Å². The molecule has 0 unspecified atom stereocenters. The van der Waals surface area contributed by atoms with Gasteiger partial charge in [0.05, 0.1) is 12.2 Å². The molecule has 0 aliphatic carbocycles. The number of rotatable bonds is 3. The van der Waals surface area contributed by atoms with E-state index in [0.29, 0.717) is 12.4 Å². The second kappa shape index (κ2) is 5.21. The highest BCUT2D eigenvalue weighted by Gasteiger charge is 2.32. The average Bonchev–Trinajstić information content (AvgIpc) is 2.23. The van der Waals surface area contributed by atoms with Crippen LogP contribution in [0.25, 0.3) is 0 Å². The van der Waals surface area contributed by atoms with Crippen molar-refractivity contribution in [3.63, 3.8) is 0 Å². The van der Waals surface area contributed by atoms with E-state index in [9.17, 15) is 13.2 Å². The summed E-state index contributed by atoms with van der Waals surface area (Å²) in [7, 11) is 0. The molecule has 0 spiro atoms. The van der Waals surface area contributed by atoms with Crippen molar-refractivity contribution in [2.24, 2.45) is 0 Å². The zero-order chi connectivity index (χ0) is 14.0. The second-order valence-corrected chi connectivity index (χ2v) is 5.31. The Bertz CT molecular complexity index is 402. The van der Waals surface area contributed by atoms with Crippen LogP contribution in [-0.4, -0.2) is 6.61 Å². The van der Waals surface area contributed by atoms with E-state index in [1.165, 1.54) is 6.07 Å². The average molecular weight is 260 g/mol. The zero-order valence-corrected chi connectivity index (χ0v) is 11.2. The molecule has 1 aromatic carbocycles. The summed E-state index contributed by atoms with van der Waals surface area (Å²) in [6, 6.07) is 3.71. The number of halogens is 3. The first-order valence-corrected chi connectivity index (χ1v) is 6.00. The van der Waals surface area contributed by atoms with Crippen LogP contribution in [0, 0.1) is 0 Å². The van der Waals surface area contributed by atoms with Crippen LogP contribution in [0.1, 0.15) is 45.2 Å². The Labute approximate surface area is 106 Å². The highest BCUT2D eigenvalue weighted by Crippen LogP contribution is 2.37. The SMILES string of the molecule is CCCOc1cc(C(F)(F)F)ccc1C(C)(C)C. The third kappa shape index (κ3) is 3.65. The van der Waals surface area contributed by atoms with Gasteiger partial charge in [-0.25, -0.2) is 0 Å². The molecule has 0 N–H and O–H groups in total. The molecule has 4 heteroatoms. The van der Waals surface area contributed by atoms with E-state index in [2.05, 4.69) is 0 Å². The summed E-state index contributed by atoms with van der Waals surface area (Å²) in [5.41, 5.74) is -0.113. The summed E-state index contributed by atoms with van der Waals surface area (Å²) in [5.74, 6) is 0.333. The Balaban J connectivity index is 3.21. The van der Waals surface area contributed by atoms with E-state index in [4.69, 9.17) is 4.74 Å². The first-order chi connectivity index (χ1) is 8.16. The van der Waals surface area contributed by atoms with Gasteiger partial charge in [0.25, 0.3) is 0 Å². The van der Waals surface area contributed by atoms with Crippen LogP contribution in [0.2, 0.25) is 0 Å². The lowest BCUT2D eigenvalue weighted by Gasteiger charge is -2.23. The smallest absolute Gasteiger partial charge is 0.416 e. The molecule has 0 amide bonds. The fraction of sp³-hybridized carbons (Fsp3) is 0.571. The molecule has 0 radical (unpaired) electrons. The molecule has 18 heavy (non-hydrogen) atoms. The summed E-state index contributed by atoms with van der Waals surface area (Å²) >= 11 is 0. The molecule has 0 aromatic heterocycles. The number of ether oxygens (including phenoxy) is 1. The lowest BCUT2D eigenvalue weighted by atomic mass is 9.85. The van der Waals surface area contributed by atoms with Gasteiger partial charge in [0.1, 0.15) is 5.75 Å². The maximum atomic E-state index is 12.7. The maximum Gasteiger partial charge on any atom is 0.416 e. The molecule has 0 saturated carbocycles. The molecule has 1 nitrogen and oxygen atoms in total. The van der Waals surface area contributed by atoms with Crippen molar-refractivity contribution in [1.82, 2.24) is 0 Å². The number of alkyl halides is 3. The molecule has 1 aromatic rings. The van der Waals surface area contributed by atoms with E-state index in [0.717, 1.165) is 24.1 Å². The largest absolute Gasteiger partial charge is 0.493 e. The monoisotopic (exact) mass is 260 g/mol. The van der Waals surface area contributed by atoms with E-state index in [1.807, 2.05) is 27.7 Å². The first-order valence-electron chi connectivity index (χ1n) is 6.00. The Hall–Kier alpha value is -1.19. The van der Waals surface area contributed by atoms with Crippen LogP contribution in [0.4, 0.5) is 13.2 Å². The van der Waals surface area contributed by atoms with Crippen LogP contribution in [0.5, 0.6) is 5.75 Å². The third-order valence-electron chi connectivity index (χ3n) is 2.58. The highest BCUT2D eigenvalue weighted by atomic mass is 19.4. The van der Waals surface area contributed by atoms with Gasteiger partial charge in [-0.1, -0.05) is 33.8 Å². The van der Waals surface area contributed by atoms with Crippen molar-refractivity contribution < 1.29 is 17.9 Å². The van der Waals surface area contributed by atoms with Crippen molar-refractivity contribution in [1.29, 1.82) is 0 Å². The third-order valence-corrected chi connectivity index (χ3v) is 2.58. The molecule has 0 aliphatic heterocycles. The fourth-order valence-electron chi connectivity index (χ4n) is 1.65. The summed E-state index contributed by atoms with van der Waals surface area (Å²) < 4.78 is 43.4. The summed E-state index contributed by atoms with van der Waals surface area (Å²) in [4.78, 5) is 0. The normalized spacial score (nSPS) is 12.6. The zero-order valence-electron chi connectivity index (χ0n) is 11.2. The van der Waals surface area contributed by atoms with Crippen LogP contribution in [0.15, 0.2) is 18.2 Å². The van der Waals surface area contributed by atoms with Crippen LogP contribution >= 0.6 is 0 Å². The van der Waals surface area contributed by atoms with Gasteiger partial charge in [0.15, 0.2) is 0 Å². The van der Waals surface area contributed by atoms with Gasteiger partial charge in [-0.2, -0.15) is 13.2 Å². The molecular weight excluding hydrogens is 241 g/mol. The van der Waals surface area contributed by atoms with Gasteiger partial charge in [0.2, 0.25) is 0 Å². The number of benzene rings is 1. The van der Waals surface area contributed by atoms with Crippen molar-refractivity contribution in [3.8, 4) is 5.75 Å². The topological polar surface area (TPSA) is 9.23 Å². The lowest BCUT2D eigenvalue weighted by molar-refractivity contribution is -0.137. The predicted octanol–water partition coefficient (Wildman–Crippen LogP) is 4.79.